The van der Waals surface area contributed by atoms with Gasteiger partial charge in [-0.2, -0.15) is 5.26 Å². The Morgan fingerprint density at radius 1 is 1.47 bits per heavy atom. The molecule has 3 rings (SSSR count). The summed E-state index contributed by atoms with van der Waals surface area (Å²) in [4.78, 5) is 14.7. The normalized spacial score (nSPS) is 19.6. The molecule has 2 N–H and O–H groups in total. The Balaban J connectivity index is 2.25. The predicted octanol–water partition coefficient (Wildman–Crippen LogP) is 0.736. The molecule has 0 amide bonds. The summed E-state index contributed by atoms with van der Waals surface area (Å²) in [6.45, 7) is 1.74. The van der Waals surface area contributed by atoms with Crippen molar-refractivity contribution in [2.75, 3.05) is 13.1 Å². The first-order valence-electron chi connectivity index (χ1n) is 5.64. The van der Waals surface area contributed by atoms with Gasteiger partial charge < -0.3 is 10.3 Å². The van der Waals surface area contributed by atoms with Crippen molar-refractivity contribution in [1.29, 1.82) is 5.26 Å². The van der Waals surface area contributed by atoms with Crippen molar-refractivity contribution in [2.24, 2.45) is 0 Å². The molecule has 0 unspecified atom stereocenters. The van der Waals surface area contributed by atoms with Crippen molar-refractivity contribution < 1.29 is 0 Å². The second-order valence-electron chi connectivity index (χ2n) is 4.29. The first-order valence-corrected chi connectivity index (χ1v) is 5.64. The number of aromatic nitrogens is 2. The van der Waals surface area contributed by atoms with E-state index in [4.69, 9.17) is 5.26 Å². The van der Waals surface area contributed by atoms with Gasteiger partial charge >= 0.3 is 5.69 Å². The van der Waals surface area contributed by atoms with Crippen molar-refractivity contribution in [2.45, 2.75) is 12.5 Å². The van der Waals surface area contributed by atoms with E-state index in [0.717, 1.165) is 30.5 Å². The molecule has 0 aliphatic carbocycles. The minimum Gasteiger partial charge on any atom is -0.315 e. The molecule has 1 fully saturated rings. The lowest BCUT2D eigenvalue weighted by Crippen LogP contribution is -2.23. The van der Waals surface area contributed by atoms with E-state index in [1.54, 1.807) is 22.8 Å². The third-order valence-electron chi connectivity index (χ3n) is 3.25. The van der Waals surface area contributed by atoms with Crippen LogP contribution >= 0.6 is 0 Å². The molecule has 1 saturated heterocycles. The van der Waals surface area contributed by atoms with Crippen LogP contribution in [0.1, 0.15) is 18.0 Å². The summed E-state index contributed by atoms with van der Waals surface area (Å²) in [6, 6.07) is 7.56. The Hall–Kier alpha value is -2.06. The lowest BCUT2D eigenvalue weighted by atomic mass is 10.2. The fraction of sp³-hybridized carbons (Fsp3) is 0.333. The van der Waals surface area contributed by atoms with Gasteiger partial charge in [0.15, 0.2) is 0 Å². The number of aromatic amines is 1. The van der Waals surface area contributed by atoms with E-state index in [0.29, 0.717) is 5.56 Å². The van der Waals surface area contributed by atoms with Gasteiger partial charge in [-0.25, -0.2) is 4.79 Å². The van der Waals surface area contributed by atoms with Crippen molar-refractivity contribution in [3.63, 3.8) is 0 Å². The molecule has 0 spiro atoms. The quantitative estimate of drug-likeness (QED) is 0.756. The Kier molecular flexibility index (Phi) is 2.23. The van der Waals surface area contributed by atoms with Crippen LogP contribution in [-0.2, 0) is 0 Å². The molecule has 5 nitrogen and oxygen atoms in total. The van der Waals surface area contributed by atoms with Gasteiger partial charge in [0, 0.05) is 6.54 Å². The summed E-state index contributed by atoms with van der Waals surface area (Å²) in [5.41, 5.74) is 2.10. The van der Waals surface area contributed by atoms with Crippen LogP contribution in [0.2, 0.25) is 0 Å². The van der Waals surface area contributed by atoms with Crippen LogP contribution in [0.5, 0.6) is 0 Å². The average Bonchev–Trinajstić information content (AvgIpc) is 2.93. The van der Waals surface area contributed by atoms with Crippen molar-refractivity contribution in [3.05, 3.63) is 34.2 Å². The van der Waals surface area contributed by atoms with Gasteiger partial charge in [0.2, 0.25) is 0 Å². The molecule has 1 aliphatic heterocycles. The van der Waals surface area contributed by atoms with Gasteiger partial charge in [0.1, 0.15) is 0 Å². The molecule has 0 radical (unpaired) electrons. The molecule has 1 aromatic carbocycles. The smallest absolute Gasteiger partial charge is 0.315 e. The summed E-state index contributed by atoms with van der Waals surface area (Å²) in [5.74, 6) is 0. The second kappa shape index (κ2) is 3.75. The zero-order valence-corrected chi connectivity index (χ0v) is 9.23. The van der Waals surface area contributed by atoms with Gasteiger partial charge in [-0.05, 0) is 31.2 Å². The molecule has 0 saturated carbocycles. The molecule has 1 atom stereocenters. The lowest BCUT2D eigenvalue weighted by molar-refractivity contribution is 0.546. The van der Waals surface area contributed by atoms with Crippen LogP contribution in [0.25, 0.3) is 11.0 Å². The van der Waals surface area contributed by atoms with E-state index in [9.17, 15) is 4.79 Å². The van der Waals surface area contributed by atoms with Crippen molar-refractivity contribution in [3.8, 4) is 6.07 Å². The third kappa shape index (κ3) is 1.54. The maximum Gasteiger partial charge on any atom is 0.326 e. The lowest BCUT2D eigenvalue weighted by Gasteiger charge is -2.10. The number of H-pyrrole nitrogens is 1. The number of fused-ring (bicyclic) bond motifs is 1. The Morgan fingerprint density at radius 2 is 2.35 bits per heavy atom. The highest BCUT2D eigenvalue weighted by atomic mass is 16.1. The second-order valence-corrected chi connectivity index (χ2v) is 4.29. The van der Waals surface area contributed by atoms with E-state index in [2.05, 4.69) is 16.4 Å². The highest BCUT2D eigenvalue weighted by Crippen LogP contribution is 2.20. The summed E-state index contributed by atoms with van der Waals surface area (Å²) in [6.07, 6.45) is 0.948. The highest BCUT2D eigenvalue weighted by Gasteiger charge is 2.20. The zero-order valence-electron chi connectivity index (χ0n) is 9.23. The van der Waals surface area contributed by atoms with Crippen LogP contribution < -0.4 is 11.0 Å². The molecule has 1 aliphatic rings. The molecule has 5 heteroatoms. The number of hydrogen-bond donors (Lipinski definition) is 2. The summed E-state index contributed by atoms with van der Waals surface area (Å²) in [5, 5.41) is 12.1. The molecule has 86 valence electrons. The van der Waals surface area contributed by atoms with Crippen molar-refractivity contribution in [1.82, 2.24) is 14.9 Å². The first-order chi connectivity index (χ1) is 8.29. The SMILES string of the molecule is N#Cc1ccc2[nH]c(=O)n([C@@H]3CCNC3)c2c1. The zero-order chi connectivity index (χ0) is 11.8. The van der Waals surface area contributed by atoms with Gasteiger partial charge in [0.25, 0.3) is 0 Å². The summed E-state index contributed by atoms with van der Waals surface area (Å²) >= 11 is 0. The van der Waals surface area contributed by atoms with E-state index in [1.165, 1.54) is 0 Å². The number of imidazole rings is 1. The molecule has 2 heterocycles. The van der Waals surface area contributed by atoms with Crippen LogP contribution in [0.4, 0.5) is 0 Å². The number of nitriles is 1. The van der Waals surface area contributed by atoms with E-state index in [1.807, 2.05) is 0 Å². The van der Waals surface area contributed by atoms with E-state index >= 15 is 0 Å². The molecule has 0 bridgehead atoms. The van der Waals surface area contributed by atoms with Crippen LogP contribution in [0, 0.1) is 11.3 Å². The molecular weight excluding hydrogens is 216 g/mol. The monoisotopic (exact) mass is 228 g/mol. The molecule has 1 aromatic heterocycles. The number of benzene rings is 1. The van der Waals surface area contributed by atoms with Crippen LogP contribution in [0.3, 0.4) is 0 Å². The van der Waals surface area contributed by atoms with Crippen LogP contribution in [0.15, 0.2) is 23.0 Å². The number of nitrogens with zero attached hydrogens (tertiary/aromatic N) is 2. The van der Waals surface area contributed by atoms with Crippen molar-refractivity contribution >= 4 is 11.0 Å². The summed E-state index contributed by atoms with van der Waals surface area (Å²) < 4.78 is 1.76. The Labute approximate surface area is 97.7 Å². The minimum atomic E-state index is -0.0937. The number of nitrogens with one attached hydrogen (secondary N) is 2. The topological polar surface area (TPSA) is 73.6 Å². The molecule has 2 aromatic rings. The Morgan fingerprint density at radius 3 is 3.06 bits per heavy atom. The molecular formula is C12H12N4O. The highest BCUT2D eigenvalue weighted by molar-refractivity contribution is 5.77. The average molecular weight is 228 g/mol. The predicted molar refractivity (Wildman–Crippen MR) is 63.8 cm³/mol. The van der Waals surface area contributed by atoms with Gasteiger partial charge in [0.05, 0.1) is 28.7 Å². The van der Waals surface area contributed by atoms with Gasteiger partial charge in [-0.15, -0.1) is 0 Å². The maximum absolute atomic E-state index is 11.9. The fourth-order valence-electron chi connectivity index (χ4n) is 2.41. The first kappa shape index (κ1) is 10.1. The fourth-order valence-corrected chi connectivity index (χ4v) is 2.41. The van der Waals surface area contributed by atoms with E-state index < -0.39 is 0 Å². The molecule has 17 heavy (non-hydrogen) atoms. The number of rotatable bonds is 1. The van der Waals surface area contributed by atoms with Crippen LogP contribution in [-0.4, -0.2) is 22.6 Å². The Bertz CT molecular complexity index is 655. The third-order valence-corrected chi connectivity index (χ3v) is 3.25. The maximum atomic E-state index is 11.9. The minimum absolute atomic E-state index is 0.0937. The standard InChI is InChI=1S/C12H12N4O/c13-6-8-1-2-10-11(5-8)16(12(17)15-10)9-3-4-14-7-9/h1-2,5,9,14H,3-4,7H2,(H,15,17)/t9-/m1/s1. The van der Waals surface area contributed by atoms with Gasteiger partial charge in [-0.3, -0.25) is 4.57 Å². The largest absolute Gasteiger partial charge is 0.326 e. The summed E-state index contributed by atoms with van der Waals surface area (Å²) in [7, 11) is 0. The van der Waals surface area contributed by atoms with E-state index in [-0.39, 0.29) is 11.7 Å². The number of hydrogen-bond acceptors (Lipinski definition) is 3. The van der Waals surface area contributed by atoms with Gasteiger partial charge in [-0.1, -0.05) is 0 Å².